The van der Waals surface area contributed by atoms with Gasteiger partial charge in [0.15, 0.2) is 0 Å². The van der Waals surface area contributed by atoms with E-state index >= 15 is 4.39 Å². The Morgan fingerprint density at radius 2 is 1.24 bits per heavy atom. The van der Waals surface area contributed by atoms with E-state index in [0.717, 1.165) is 66.9 Å². The van der Waals surface area contributed by atoms with Crippen molar-refractivity contribution in [1.29, 1.82) is 0 Å². The fraction of sp³-hybridized carbons (Fsp3) is 0.0244. The van der Waals surface area contributed by atoms with Crippen LogP contribution in [0.4, 0.5) is 38.5 Å². The second kappa shape index (κ2) is 9.35. The van der Waals surface area contributed by atoms with Crippen molar-refractivity contribution in [2.45, 2.75) is 6.92 Å². The lowest BCUT2D eigenvalue weighted by atomic mass is 9.33. The van der Waals surface area contributed by atoms with E-state index in [-0.39, 0.29) is 12.5 Å². The number of nitrogens with zero attached hydrogens (tertiary/aromatic N) is 2. The summed E-state index contributed by atoms with van der Waals surface area (Å²) in [5, 5.41) is 4.51. The molecule has 2 aliphatic rings. The Morgan fingerprint density at radius 1 is 0.543 bits per heavy atom. The fourth-order valence-electron chi connectivity index (χ4n) is 7.84. The Kier molecular flexibility index (Phi) is 5.19. The molecule has 0 amide bonds. The molecule has 3 nitrogen and oxygen atoms in total. The van der Waals surface area contributed by atoms with Crippen LogP contribution in [0, 0.1) is 12.7 Å². The zero-order chi connectivity index (χ0) is 30.5. The summed E-state index contributed by atoms with van der Waals surface area (Å²) in [6.07, 6.45) is 0. The van der Waals surface area contributed by atoms with E-state index in [1.165, 1.54) is 16.2 Å². The third-order valence-electron chi connectivity index (χ3n) is 9.73. The SMILES string of the molecule is Cc1ccc(N2c3cccc4c3B(c3cc5ccccc5cc3N4c3ccccc3)c3c2ccc2oc4ccccc4c32)c(F)c1. The smallest absolute Gasteiger partial charge is 0.253 e. The lowest BCUT2D eigenvalue weighted by molar-refractivity contribution is 0.627. The largest absolute Gasteiger partial charge is 0.456 e. The molecule has 0 N–H and O–H groups in total. The molecule has 0 atom stereocenters. The number of aryl methyl sites for hydroxylation is 1. The minimum absolute atomic E-state index is 0.116. The summed E-state index contributed by atoms with van der Waals surface area (Å²) in [6.45, 7) is 1.81. The first kappa shape index (κ1) is 25.5. The van der Waals surface area contributed by atoms with Gasteiger partial charge in [0, 0.05) is 39.2 Å². The van der Waals surface area contributed by atoms with E-state index in [1.807, 2.05) is 37.3 Å². The number of anilines is 6. The lowest BCUT2D eigenvalue weighted by Crippen LogP contribution is -2.61. The molecule has 0 fully saturated rings. The van der Waals surface area contributed by atoms with Crippen molar-refractivity contribution >= 4 is 89.9 Å². The van der Waals surface area contributed by atoms with E-state index in [1.54, 1.807) is 6.07 Å². The minimum Gasteiger partial charge on any atom is -0.456 e. The molecular formula is C41H26BFN2O. The van der Waals surface area contributed by atoms with E-state index in [4.69, 9.17) is 4.42 Å². The van der Waals surface area contributed by atoms with Gasteiger partial charge in [0.1, 0.15) is 17.0 Å². The summed E-state index contributed by atoms with van der Waals surface area (Å²) in [7, 11) is 0. The van der Waals surface area contributed by atoms with Crippen molar-refractivity contribution in [2.75, 3.05) is 9.80 Å². The van der Waals surface area contributed by atoms with Crippen molar-refractivity contribution in [3.05, 3.63) is 151 Å². The first-order valence-corrected chi connectivity index (χ1v) is 15.7. The molecule has 5 heteroatoms. The highest BCUT2D eigenvalue weighted by Gasteiger charge is 2.45. The van der Waals surface area contributed by atoms with E-state index in [2.05, 4.69) is 113 Å². The molecule has 0 unspecified atom stereocenters. The summed E-state index contributed by atoms with van der Waals surface area (Å²) in [6, 6.07) is 48.2. The van der Waals surface area contributed by atoms with Crippen molar-refractivity contribution < 1.29 is 8.81 Å². The van der Waals surface area contributed by atoms with Crippen LogP contribution in [-0.4, -0.2) is 6.71 Å². The maximum atomic E-state index is 16.1. The molecule has 7 aromatic carbocycles. The minimum atomic E-state index is -0.249. The second-order valence-corrected chi connectivity index (χ2v) is 12.3. The number of rotatable bonds is 2. The number of halogens is 1. The molecule has 46 heavy (non-hydrogen) atoms. The summed E-state index contributed by atoms with van der Waals surface area (Å²) in [4.78, 5) is 4.50. The highest BCUT2D eigenvalue weighted by Crippen LogP contribution is 2.46. The molecule has 0 spiro atoms. The van der Waals surface area contributed by atoms with Gasteiger partial charge in [-0.3, -0.25) is 0 Å². The Bertz CT molecular complexity index is 2540. The van der Waals surface area contributed by atoms with Crippen molar-refractivity contribution in [3.63, 3.8) is 0 Å². The summed E-state index contributed by atoms with van der Waals surface area (Å²) < 4.78 is 22.6. The zero-order valence-corrected chi connectivity index (χ0v) is 25.0. The van der Waals surface area contributed by atoms with Gasteiger partial charge in [0.05, 0.1) is 5.69 Å². The average molecular weight is 592 g/mol. The van der Waals surface area contributed by atoms with Crippen LogP contribution in [-0.2, 0) is 0 Å². The third kappa shape index (κ3) is 3.43. The number of furan rings is 1. The molecule has 0 radical (unpaired) electrons. The van der Waals surface area contributed by atoms with Crippen LogP contribution in [0.25, 0.3) is 32.7 Å². The maximum Gasteiger partial charge on any atom is 0.253 e. The quantitative estimate of drug-likeness (QED) is 0.187. The highest BCUT2D eigenvalue weighted by molar-refractivity contribution is 7.02. The van der Waals surface area contributed by atoms with Crippen LogP contribution in [0.3, 0.4) is 0 Å². The van der Waals surface area contributed by atoms with Crippen LogP contribution < -0.4 is 26.2 Å². The predicted molar refractivity (Wildman–Crippen MR) is 190 cm³/mol. The molecular weight excluding hydrogens is 566 g/mol. The molecule has 216 valence electrons. The standard InChI is InChI=1S/C41H26BFN2O/c1-25-18-19-32(31(43)22-25)45-34-16-9-15-33-40(34)42(41-35(45)20-21-38-39(41)29-14-7-8-17-37(29)46-38)30-23-26-10-5-6-11-27(26)24-36(30)44(33)28-12-3-2-4-13-28/h2-24H,1H3. The van der Waals surface area contributed by atoms with Crippen LogP contribution in [0.1, 0.15) is 5.56 Å². The maximum absolute atomic E-state index is 16.1. The monoisotopic (exact) mass is 592 g/mol. The summed E-state index contributed by atoms with van der Waals surface area (Å²) in [5.74, 6) is -0.249. The molecule has 1 aromatic heterocycles. The Hall–Kier alpha value is -5.81. The molecule has 3 heterocycles. The normalized spacial score (nSPS) is 13.3. The van der Waals surface area contributed by atoms with Crippen LogP contribution >= 0.6 is 0 Å². The molecule has 2 aliphatic heterocycles. The second-order valence-electron chi connectivity index (χ2n) is 12.3. The first-order chi connectivity index (χ1) is 22.7. The lowest BCUT2D eigenvalue weighted by Gasteiger charge is -2.44. The molecule has 0 saturated heterocycles. The average Bonchev–Trinajstić information content (AvgIpc) is 3.47. The van der Waals surface area contributed by atoms with E-state index in [9.17, 15) is 0 Å². The van der Waals surface area contributed by atoms with Gasteiger partial charge in [0.2, 0.25) is 0 Å². The molecule has 0 aliphatic carbocycles. The van der Waals surface area contributed by atoms with Crippen LogP contribution in [0.5, 0.6) is 0 Å². The fourth-order valence-corrected chi connectivity index (χ4v) is 7.84. The third-order valence-corrected chi connectivity index (χ3v) is 9.73. The zero-order valence-electron chi connectivity index (χ0n) is 25.0. The number of fused-ring (bicyclic) bond motifs is 9. The topological polar surface area (TPSA) is 19.6 Å². The van der Waals surface area contributed by atoms with Gasteiger partial charge in [-0.2, -0.15) is 0 Å². The van der Waals surface area contributed by atoms with E-state index in [0.29, 0.717) is 5.69 Å². The Labute approximate surface area is 265 Å². The van der Waals surface area contributed by atoms with Gasteiger partial charge in [0.25, 0.3) is 6.71 Å². The van der Waals surface area contributed by atoms with Crippen molar-refractivity contribution in [1.82, 2.24) is 0 Å². The molecule has 0 bridgehead atoms. The number of hydrogen-bond donors (Lipinski definition) is 0. The highest BCUT2D eigenvalue weighted by atomic mass is 19.1. The van der Waals surface area contributed by atoms with Crippen LogP contribution in [0.15, 0.2) is 144 Å². The van der Waals surface area contributed by atoms with Crippen LogP contribution in [0.2, 0.25) is 0 Å². The van der Waals surface area contributed by atoms with Gasteiger partial charge >= 0.3 is 0 Å². The molecule has 10 rings (SSSR count). The van der Waals surface area contributed by atoms with Gasteiger partial charge in [-0.15, -0.1) is 0 Å². The first-order valence-electron chi connectivity index (χ1n) is 15.7. The Morgan fingerprint density at radius 3 is 2.07 bits per heavy atom. The number of para-hydroxylation sites is 2. The summed E-state index contributed by atoms with van der Waals surface area (Å²) >= 11 is 0. The van der Waals surface area contributed by atoms with Gasteiger partial charge in [-0.05, 0) is 100 Å². The molecule has 0 saturated carbocycles. The number of hydrogen-bond acceptors (Lipinski definition) is 3. The van der Waals surface area contributed by atoms with Gasteiger partial charge in [-0.25, -0.2) is 4.39 Å². The van der Waals surface area contributed by atoms with Gasteiger partial charge in [-0.1, -0.05) is 78.9 Å². The molecule has 8 aromatic rings. The Balaban J connectivity index is 1.40. The van der Waals surface area contributed by atoms with Crippen molar-refractivity contribution in [2.24, 2.45) is 0 Å². The van der Waals surface area contributed by atoms with Crippen molar-refractivity contribution in [3.8, 4) is 0 Å². The summed E-state index contributed by atoms with van der Waals surface area (Å²) in [5.41, 5.74) is 11.8. The van der Waals surface area contributed by atoms with E-state index < -0.39 is 0 Å². The predicted octanol–water partition coefficient (Wildman–Crippen LogP) is 9.27. The van der Waals surface area contributed by atoms with Gasteiger partial charge < -0.3 is 14.2 Å². The number of benzene rings is 7.